The predicted octanol–water partition coefficient (Wildman–Crippen LogP) is 8.03. The third-order valence-electron chi connectivity index (χ3n) is 10.1. The summed E-state index contributed by atoms with van der Waals surface area (Å²) in [7, 11) is 4.88. The fourth-order valence-corrected chi connectivity index (χ4v) is 7.65. The van der Waals surface area contributed by atoms with Crippen LogP contribution in [0.1, 0.15) is 41.2 Å². The van der Waals surface area contributed by atoms with Crippen LogP contribution in [-0.2, 0) is 25.4 Å². The fraction of sp³-hybridized carbons (Fsp3) is 0.302. The molecule has 0 aromatic heterocycles. The van der Waals surface area contributed by atoms with E-state index in [-0.39, 0.29) is 19.0 Å². The van der Waals surface area contributed by atoms with E-state index in [1.165, 1.54) is 12.1 Å². The van der Waals surface area contributed by atoms with E-state index in [0.717, 1.165) is 49.7 Å². The molecule has 0 radical (unpaired) electrons. The average molecular weight is 707 g/mol. The lowest BCUT2D eigenvalue weighted by Crippen LogP contribution is -2.36. The Morgan fingerprint density at radius 1 is 0.731 bits per heavy atom. The first-order valence-electron chi connectivity index (χ1n) is 17.5. The molecule has 1 aliphatic heterocycles. The second-order valence-electron chi connectivity index (χ2n) is 12.7. The van der Waals surface area contributed by atoms with Crippen molar-refractivity contribution in [1.82, 2.24) is 0 Å². The number of methoxy groups -OCH3 is 3. The first kappa shape index (κ1) is 35.5. The molecule has 7 rings (SSSR count). The van der Waals surface area contributed by atoms with Crippen molar-refractivity contribution < 1.29 is 42.7 Å². The second kappa shape index (κ2) is 15.0. The Morgan fingerprint density at radius 2 is 1.37 bits per heavy atom. The summed E-state index contributed by atoms with van der Waals surface area (Å²) < 4.78 is 57.1. The Hall–Kier alpha value is -4.93. The minimum Gasteiger partial charge on any atom is -0.497 e. The minimum absolute atomic E-state index is 0.0259. The van der Waals surface area contributed by atoms with Crippen molar-refractivity contribution in [2.75, 3.05) is 61.0 Å². The van der Waals surface area contributed by atoms with Gasteiger partial charge < -0.3 is 38.3 Å². The molecule has 2 aliphatic rings. The molecular weight excluding hydrogens is 663 g/mol. The van der Waals surface area contributed by atoms with Crippen molar-refractivity contribution in [3.8, 4) is 34.1 Å². The normalized spacial score (nSPS) is 18.4. The Bertz CT molecular complexity index is 2080. The van der Waals surface area contributed by atoms with Crippen molar-refractivity contribution >= 4 is 16.8 Å². The van der Waals surface area contributed by atoms with Crippen molar-refractivity contribution in [1.29, 1.82) is 0 Å². The highest BCUT2D eigenvalue weighted by molar-refractivity contribution is 6.09. The van der Waals surface area contributed by atoms with Gasteiger partial charge in [0.2, 0.25) is 0 Å². The highest BCUT2D eigenvalue weighted by atomic mass is 19.1. The number of benzene rings is 5. The molecule has 5 aromatic carbocycles. The zero-order valence-electron chi connectivity index (χ0n) is 29.9. The molecule has 0 saturated carbocycles. The molecule has 2 unspecified atom stereocenters. The number of fused-ring (bicyclic) bond motifs is 8. The van der Waals surface area contributed by atoms with E-state index in [4.69, 9.17) is 38.3 Å². The summed E-state index contributed by atoms with van der Waals surface area (Å²) in [6.45, 7) is 3.86. The summed E-state index contributed by atoms with van der Waals surface area (Å²) in [5.74, 6) is 2.17. The minimum atomic E-state index is -1.12. The molecule has 1 heterocycles. The van der Waals surface area contributed by atoms with Gasteiger partial charge in [0.05, 0.1) is 61.0 Å². The van der Waals surface area contributed by atoms with Gasteiger partial charge in [-0.1, -0.05) is 61.5 Å². The van der Waals surface area contributed by atoms with Crippen LogP contribution in [0.25, 0.3) is 28.0 Å². The lowest BCUT2D eigenvalue weighted by atomic mass is 9.79. The fourth-order valence-electron chi connectivity index (χ4n) is 7.65. The van der Waals surface area contributed by atoms with Gasteiger partial charge in [-0.2, -0.15) is 0 Å². The summed E-state index contributed by atoms with van der Waals surface area (Å²) in [6, 6.07) is 26.5. The summed E-state index contributed by atoms with van der Waals surface area (Å²) in [6.07, 6.45) is 4.81. The summed E-state index contributed by atoms with van der Waals surface area (Å²) in [5, 5.41) is 10.8. The molecule has 0 spiro atoms. The molecule has 0 fully saturated rings. The average Bonchev–Trinajstić information content (AvgIpc) is 3.49. The van der Waals surface area contributed by atoms with Crippen LogP contribution in [0.5, 0.6) is 23.0 Å². The standard InChI is InChI=1S/C43H43FO8/c1-5-42(51-25-24-50-23-22-49-21-20-45)36-9-7-6-8-32(36)39-34-26-37(47-3)38(48-4)27-35(34)41-33(40(39)42)18-19-43(52-41,28-10-14-30(44)15-11-28)29-12-16-31(46-2)17-13-29/h6-19,26-27,45H,5,20-25H2,1-4H3. The van der Waals surface area contributed by atoms with Crippen molar-refractivity contribution in [2.24, 2.45) is 0 Å². The van der Waals surface area contributed by atoms with Crippen LogP contribution in [-0.4, -0.2) is 66.1 Å². The highest BCUT2D eigenvalue weighted by Crippen LogP contribution is 2.60. The Labute approximate surface area is 303 Å². The maximum Gasteiger partial charge on any atom is 0.178 e. The van der Waals surface area contributed by atoms with E-state index < -0.39 is 11.2 Å². The lowest BCUT2D eigenvalue weighted by Gasteiger charge is -2.39. The molecular formula is C43H43FO8. The van der Waals surface area contributed by atoms with Crippen LogP contribution in [0.15, 0.2) is 91.0 Å². The van der Waals surface area contributed by atoms with E-state index >= 15 is 0 Å². The number of hydrogen-bond donors (Lipinski definition) is 1. The number of halogens is 1. The monoisotopic (exact) mass is 706 g/mol. The van der Waals surface area contributed by atoms with Crippen LogP contribution in [0.4, 0.5) is 4.39 Å². The molecule has 5 aromatic rings. The molecule has 8 nitrogen and oxygen atoms in total. The number of aliphatic hydroxyl groups excluding tert-OH is 1. The van der Waals surface area contributed by atoms with E-state index in [1.54, 1.807) is 33.5 Å². The molecule has 52 heavy (non-hydrogen) atoms. The van der Waals surface area contributed by atoms with E-state index in [9.17, 15) is 4.39 Å². The zero-order valence-corrected chi connectivity index (χ0v) is 29.9. The summed E-state index contributed by atoms with van der Waals surface area (Å²) in [4.78, 5) is 0. The van der Waals surface area contributed by atoms with E-state index in [0.29, 0.717) is 55.8 Å². The first-order chi connectivity index (χ1) is 25.4. The van der Waals surface area contributed by atoms with Gasteiger partial charge in [0.15, 0.2) is 17.1 Å². The van der Waals surface area contributed by atoms with Crippen LogP contribution in [0, 0.1) is 5.82 Å². The zero-order chi connectivity index (χ0) is 36.3. The van der Waals surface area contributed by atoms with Gasteiger partial charge in [-0.15, -0.1) is 0 Å². The SMILES string of the molecule is CCC1(OCCOCCOCCO)c2ccccc2-c2c1c1c(c3cc(OC)c(OC)cc23)OC(c2ccc(F)cc2)(c2ccc(OC)cc2)C=C1. The maximum absolute atomic E-state index is 14.4. The maximum atomic E-state index is 14.4. The van der Waals surface area contributed by atoms with Crippen LogP contribution < -0.4 is 18.9 Å². The van der Waals surface area contributed by atoms with Gasteiger partial charge in [-0.3, -0.25) is 0 Å². The summed E-state index contributed by atoms with van der Waals surface area (Å²) >= 11 is 0. The molecule has 0 saturated heterocycles. The van der Waals surface area contributed by atoms with Gasteiger partial charge in [-0.25, -0.2) is 4.39 Å². The molecule has 2 atom stereocenters. The second-order valence-corrected chi connectivity index (χ2v) is 12.7. The molecule has 9 heteroatoms. The Balaban J connectivity index is 1.45. The molecule has 1 N–H and O–H groups in total. The third kappa shape index (κ3) is 5.97. The lowest BCUT2D eigenvalue weighted by molar-refractivity contribution is -0.0539. The largest absolute Gasteiger partial charge is 0.497 e. The highest BCUT2D eigenvalue weighted by Gasteiger charge is 2.48. The molecule has 1 aliphatic carbocycles. The van der Waals surface area contributed by atoms with Crippen LogP contribution in [0.2, 0.25) is 0 Å². The Kier molecular flexibility index (Phi) is 10.2. The quantitative estimate of drug-likeness (QED) is 0.110. The number of ether oxygens (including phenoxy) is 7. The number of aliphatic hydroxyl groups is 1. The number of hydrogen-bond acceptors (Lipinski definition) is 8. The van der Waals surface area contributed by atoms with Gasteiger partial charge in [0.1, 0.15) is 22.9 Å². The van der Waals surface area contributed by atoms with Crippen LogP contribution >= 0.6 is 0 Å². The van der Waals surface area contributed by atoms with Crippen molar-refractivity contribution in [3.63, 3.8) is 0 Å². The predicted molar refractivity (Wildman–Crippen MR) is 198 cm³/mol. The third-order valence-corrected chi connectivity index (χ3v) is 10.1. The molecule has 0 amide bonds. The van der Waals surface area contributed by atoms with Gasteiger partial charge in [0, 0.05) is 27.6 Å². The van der Waals surface area contributed by atoms with Crippen molar-refractivity contribution in [2.45, 2.75) is 24.5 Å². The van der Waals surface area contributed by atoms with Gasteiger partial charge in [-0.05, 0) is 71.0 Å². The smallest absolute Gasteiger partial charge is 0.178 e. The molecule has 270 valence electrons. The van der Waals surface area contributed by atoms with Gasteiger partial charge >= 0.3 is 0 Å². The first-order valence-corrected chi connectivity index (χ1v) is 17.5. The van der Waals surface area contributed by atoms with E-state index in [1.807, 2.05) is 48.5 Å². The van der Waals surface area contributed by atoms with Crippen LogP contribution in [0.3, 0.4) is 0 Å². The summed E-state index contributed by atoms with van der Waals surface area (Å²) in [5.41, 5.74) is 4.70. The molecule has 0 bridgehead atoms. The topological polar surface area (TPSA) is 84.8 Å². The van der Waals surface area contributed by atoms with Gasteiger partial charge in [0.25, 0.3) is 0 Å². The number of rotatable bonds is 15. The van der Waals surface area contributed by atoms with Crippen molar-refractivity contribution in [3.05, 3.63) is 125 Å². The Morgan fingerprint density at radius 3 is 2.02 bits per heavy atom. The van der Waals surface area contributed by atoms with E-state index in [2.05, 4.69) is 31.2 Å².